The minimum atomic E-state index is -1.00. The zero-order chi connectivity index (χ0) is 13.1. The van der Waals surface area contributed by atoms with Crippen LogP contribution < -0.4 is 5.32 Å². The van der Waals surface area contributed by atoms with Crippen molar-refractivity contribution in [2.45, 2.75) is 38.3 Å². The molecule has 18 heavy (non-hydrogen) atoms. The summed E-state index contributed by atoms with van der Waals surface area (Å²) in [5.41, 5.74) is 0. The number of hydrogen-bond acceptors (Lipinski definition) is 3. The molecule has 2 heterocycles. The van der Waals surface area contributed by atoms with Crippen molar-refractivity contribution >= 4 is 12.0 Å². The van der Waals surface area contributed by atoms with E-state index in [0.29, 0.717) is 12.6 Å². The predicted octanol–water partition coefficient (Wildman–Crippen LogP) is 0.339. The van der Waals surface area contributed by atoms with Crippen molar-refractivity contribution in [1.82, 2.24) is 15.1 Å². The molecule has 1 unspecified atom stereocenters. The van der Waals surface area contributed by atoms with Crippen LogP contribution in [0.4, 0.5) is 4.79 Å². The summed E-state index contributed by atoms with van der Waals surface area (Å²) >= 11 is 0. The molecular weight excluding hydrogens is 234 g/mol. The molecule has 102 valence electrons. The second kappa shape index (κ2) is 5.56. The Balaban J connectivity index is 1.86. The Bertz CT molecular complexity index is 335. The van der Waals surface area contributed by atoms with Crippen molar-refractivity contribution in [2.75, 3.05) is 26.2 Å². The lowest BCUT2D eigenvalue weighted by Crippen LogP contribution is -2.59. The molecule has 6 heteroatoms. The first-order valence-electron chi connectivity index (χ1n) is 6.60. The fourth-order valence-corrected chi connectivity index (χ4v) is 2.68. The number of urea groups is 1. The third-order valence-electron chi connectivity index (χ3n) is 3.83. The number of nitrogens with zero attached hydrogens (tertiary/aromatic N) is 2. The second-order valence-corrected chi connectivity index (χ2v) is 5.14. The lowest BCUT2D eigenvalue weighted by atomic mass is 10.00. The first-order chi connectivity index (χ1) is 8.58. The summed E-state index contributed by atoms with van der Waals surface area (Å²) in [5, 5.41) is 11.3. The standard InChI is InChI=1S/C12H21N3O3/c1-9(11(16)17)13-12(18)15-7-6-14-5-3-2-4-10(14)8-15/h9-10H,2-8H2,1H3,(H,13,18)(H,16,17)/t9-,10?/m1/s1. The molecule has 2 amide bonds. The van der Waals surface area contributed by atoms with E-state index in [-0.39, 0.29) is 6.03 Å². The molecule has 2 fully saturated rings. The van der Waals surface area contributed by atoms with Crippen molar-refractivity contribution in [1.29, 1.82) is 0 Å². The van der Waals surface area contributed by atoms with Crippen molar-refractivity contribution in [3.05, 3.63) is 0 Å². The van der Waals surface area contributed by atoms with Crippen molar-refractivity contribution < 1.29 is 14.7 Å². The third kappa shape index (κ3) is 2.93. The van der Waals surface area contributed by atoms with Gasteiger partial charge in [-0.15, -0.1) is 0 Å². The largest absolute Gasteiger partial charge is 0.480 e. The highest BCUT2D eigenvalue weighted by Gasteiger charge is 2.31. The van der Waals surface area contributed by atoms with E-state index in [1.807, 2.05) is 0 Å². The molecule has 6 nitrogen and oxygen atoms in total. The van der Waals surface area contributed by atoms with Crippen LogP contribution in [0.2, 0.25) is 0 Å². The van der Waals surface area contributed by atoms with E-state index in [2.05, 4.69) is 10.2 Å². The highest BCUT2D eigenvalue weighted by atomic mass is 16.4. The van der Waals surface area contributed by atoms with Crippen molar-refractivity contribution in [3.63, 3.8) is 0 Å². The van der Waals surface area contributed by atoms with E-state index >= 15 is 0 Å². The van der Waals surface area contributed by atoms with Gasteiger partial charge in [0.05, 0.1) is 0 Å². The fraction of sp³-hybridized carbons (Fsp3) is 0.833. The molecule has 2 aliphatic rings. The van der Waals surface area contributed by atoms with Crippen LogP contribution in [0.5, 0.6) is 0 Å². The summed E-state index contributed by atoms with van der Waals surface area (Å²) in [4.78, 5) is 26.8. The summed E-state index contributed by atoms with van der Waals surface area (Å²) in [6, 6.07) is -0.629. The van der Waals surface area contributed by atoms with Gasteiger partial charge in [-0.3, -0.25) is 9.69 Å². The second-order valence-electron chi connectivity index (χ2n) is 5.14. The van der Waals surface area contributed by atoms with Gasteiger partial charge in [-0.2, -0.15) is 0 Å². The summed E-state index contributed by atoms with van der Waals surface area (Å²) in [6.07, 6.45) is 3.61. The fourth-order valence-electron chi connectivity index (χ4n) is 2.68. The Morgan fingerprint density at radius 3 is 2.78 bits per heavy atom. The molecule has 0 bridgehead atoms. The first-order valence-corrected chi connectivity index (χ1v) is 6.60. The Morgan fingerprint density at radius 2 is 2.06 bits per heavy atom. The monoisotopic (exact) mass is 255 g/mol. The van der Waals surface area contributed by atoms with E-state index in [9.17, 15) is 9.59 Å². The van der Waals surface area contributed by atoms with Crippen LogP contribution in [0.15, 0.2) is 0 Å². The van der Waals surface area contributed by atoms with Gasteiger partial charge in [-0.1, -0.05) is 6.42 Å². The molecule has 0 spiro atoms. The molecule has 2 saturated heterocycles. The highest BCUT2D eigenvalue weighted by molar-refractivity contribution is 5.82. The molecule has 0 radical (unpaired) electrons. The maximum absolute atomic E-state index is 11.9. The van der Waals surface area contributed by atoms with Gasteiger partial charge in [0, 0.05) is 25.7 Å². The minimum absolute atomic E-state index is 0.255. The Kier molecular flexibility index (Phi) is 4.06. The number of carboxylic acid groups (broad SMARTS) is 1. The zero-order valence-electron chi connectivity index (χ0n) is 10.8. The number of hydrogen-bond donors (Lipinski definition) is 2. The number of carbonyl (C=O) groups excluding carboxylic acids is 1. The number of carboxylic acids is 1. The highest BCUT2D eigenvalue weighted by Crippen LogP contribution is 2.20. The minimum Gasteiger partial charge on any atom is -0.480 e. The molecular formula is C12H21N3O3. The Morgan fingerprint density at radius 1 is 1.28 bits per heavy atom. The van der Waals surface area contributed by atoms with Crippen LogP contribution in [0.1, 0.15) is 26.2 Å². The van der Waals surface area contributed by atoms with E-state index in [0.717, 1.165) is 26.1 Å². The molecule has 0 aromatic carbocycles. The normalized spacial score (nSPS) is 26.3. The average molecular weight is 255 g/mol. The van der Waals surface area contributed by atoms with Crippen LogP contribution in [0.3, 0.4) is 0 Å². The number of aliphatic carboxylic acids is 1. The summed E-state index contributed by atoms with van der Waals surface area (Å²) in [7, 11) is 0. The van der Waals surface area contributed by atoms with Gasteiger partial charge >= 0.3 is 12.0 Å². The summed E-state index contributed by atoms with van der Waals surface area (Å²) < 4.78 is 0. The molecule has 2 atom stereocenters. The molecule has 2 aliphatic heterocycles. The van der Waals surface area contributed by atoms with E-state index in [4.69, 9.17) is 5.11 Å². The maximum Gasteiger partial charge on any atom is 0.325 e. The number of fused-ring (bicyclic) bond motifs is 1. The number of rotatable bonds is 2. The van der Waals surface area contributed by atoms with Gasteiger partial charge < -0.3 is 15.3 Å². The number of amides is 2. The van der Waals surface area contributed by atoms with Gasteiger partial charge in [-0.05, 0) is 26.3 Å². The molecule has 0 aliphatic carbocycles. The van der Waals surface area contributed by atoms with Crippen LogP contribution >= 0.6 is 0 Å². The zero-order valence-corrected chi connectivity index (χ0v) is 10.8. The van der Waals surface area contributed by atoms with Crippen molar-refractivity contribution in [3.8, 4) is 0 Å². The van der Waals surface area contributed by atoms with E-state index in [1.165, 1.54) is 19.8 Å². The molecule has 2 rings (SSSR count). The molecule has 0 aromatic rings. The SMILES string of the molecule is C[C@@H](NC(=O)N1CCN2CCCCC2C1)C(=O)O. The molecule has 2 N–H and O–H groups in total. The lowest BCUT2D eigenvalue weighted by Gasteiger charge is -2.44. The van der Waals surface area contributed by atoms with Gasteiger partial charge in [-0.25, -0.2) is 4.79 Å². The number of nitrogens with one attached hydrogen (secondary N) is 1. The third-order valence-corrected chi connectivity index (χ3v) is 3.83. The van der Waals surface area contributed by atoms with Gasteiger partial charge in [0.2, 0.25) is 0 Å². The van der Waals surface area contributed by atoms with Gasteiger partial charge in [0.1, 0.15) is 6.04 Å². The number of carbonyl (C=O) groups is 2. The van der Waals surface area contributed by atoms with E-state index < -0.39 is 12.0 Å². The van der Waals surface area contributed by atoms with Crippen LogP contribution in [-0.2, 0) is 4.79 Å². The van der Waals surface area contributed by atoms with Crippen LogP contribution in [-0.4, -0.2) is 65.2 Å². The van der Waals surface area contributed by atoms with E-state index in [1.54, 1.807) is 4.90 Å². The number of piperazine rings is 1. The average Bonchev–Trinajstić information content (AvgIpc) is 2.37. The van der Waals surface area contributed by atoms with Crippen molar-refractivity contribution in [2.24, 2.45) is 0 Å². The topological polar surface area (TPSA) is 72.9 Å². The summed E-state index contributed by atoms with van der Waals surface area (Å²) in [5.74, 6) is -1.00. The van der Waals surface area contributed by atoms with Gasteiger partial charge in [0.25, 0.3) is 0 Å². The predicted molar refractivity (Wildman–Crippen MR) is 66.4 cm³/mol. The number of piperidine rings is 1. The first kappa shape index (κ1) is 13.1. The van der Waals surface area contributed by atoms with Crippen LogP contribution in [0, 0.1) is 0 Å². The molecule has 0 saturated carbocycles. The maximum atomic E-state index is 11.9. The smallest absolute Gasteiger partial charge is 0.325 e. The molecule has 0 aromatic heterocycles. The van der Waals surface area contributed by atoms with Crippen LogP contribution in [0.25, 0.3) is 0 Å². The summed E-state index contributed by atoms with van der Waals surface area (Å²) in [6.45, 7) is 4.93. The Hall–Kier alpha value is -1.30. The quantitative estimate of drug-likeness (QED) is 0.746. The lowest BCUT2D eigenvalue weighted by molar-refractivity contribution is -0.138. The Labute approximate surface area is 107 Å². The van der Waals surface area contributed by atoms with Gasteiger partial charge in [0.15, 0.2) is 0 Å².